The van der Waals surface area contributed by atoms with Crippen molar-refractivity contribution in [2.75, 3.05) is 31.6 Å². The van der Waals surface area contributed by atoms with E-state index in [9.17, 15) is 18.0 Å². The number of hydrogen-bond acceptors (Lipinski definition) is 6. The average molecular weight is 453 g/mol. The number of para-hydroxylation sites is 1. The Bertz CT molecular complexity index is 1020. The molecule has 160 valence electrons. The van der Waals surface area contributed by atoms with Crippen LogP contribution in [-0.4, -0.2) is 50.9 Å². The van der Waals surface area contributed by atoms with Gasteiger partial charge in [-0.15, -0.1) is 0 Å². The molecule has 8 nitrogen and oxygen atoms in total. The third kappa shape index (κ3) is 5.71. The summed E-state index contributed by atoms with van der Waals surface area (Å²) < 4.78 is 36.8. The van der Waals surface area contributed by atoms with E-state index in [0.29, 0.717) is 29.5 Å². The number of nitrogens with one attached hydrogen (secondary N) is 1. The van der Waals surface area contributed by atoms with Crippen molar-refractivity contribution < 1.29 is 27.5 Å². The number of sulfonamides is 1. The third-order valence-corrected chi connectivity index (χ3v) is 6.57. The van der Waals surface area contributed by atoms with Gasteiger partial charge in [0.05, 0.1) is 9.92 Å². The van der Waals surface area contributed by atoms with Crippen LogP contribution in [-0.2, 0) is 24.3 Å². The van der Waals surface area contributed by atoms with E-state index in [1.807, 2.05) is 0 Å². The van der Waals surface area contributed by atoms with E-state index in [2.05, 4.69) is 5.32 Å². The molecule has 0 spiro atoms. The van der Waals surface area contributed by atoms with Crippen LogP contribution in [0.4, 0.5) is 5.69 Å². The Morgan fingerprint density at radius 3 is 2.50 bits per heavy atom. The monoisotopic (exact) mass is 452 g/mol. The maximum Gasteiger partial charge on any atom is 0.344 e. The van der Waals surface area contributed by atoms with E-state index < -0.39 is 35.1 Å². The Hall–Kier alpha value is -2.62. The highest BCUT2D eigenvalue weighted by atomic mass is 35.5. The summed E-state index contributed by atoms with van der Waals surface area (Å²) in [5.41, 5.74) is 0.295. The number of nitrogens with zero attached hydrogens (tertiary/aromatic N) is 1. The van der Waals surface area contributed by atoms with E-state index in [4.69, 9.17) is 21.1 Å². The van der Waals surface area contributed by atoms with Crippen molar-refractivity contribution in [1.82, 2.24) is 4.31 Å². The standard InChI is InChI=1S/C20H21ClN2O6S/c21-17-8-1-2-9-18(17)28-14-20(25)29-13-19(24)22-15-6-5-7-16(12-15)30(26,27)23-10-3-4-11-23/h1-2,5-9,12H,3-4,10-11,13-14H2,(H,22,24). The SMILES string of the molecule is O=C(COC(=O)COc1ccccc1Cl)Nc1cccc(S(=O)(=O)N2CCCC2)c1. The number of carbonyl (C=O) groups is 2. The zero-order chi connectivity index (χ0) is 21.6. The number of amides is 1. The molecule has 0 radical (unpaired) electrons. The van der Waals surface area contributed by atoms with Gasteiger partial charge in [-0.05, 0) is 43.2 Å². The van der Waals surface area contributed by atoms with E-state index >= 15 is 0 Å². The summed E-state index contributed by atoms with van der Waals surface area (Å²) in [7, 11) is -3.59. The van der Waals surface area contributed by atoms with Gasteiger partial charge >= 0.3 is 5.97 Å². The summed E-state index contributed by atoms with van der Waals surface area (Å²) in [5.74, 6) is -1.01. The topological polar surface area (TPSA) is 102 Å². The minimum Gasteiger partial charge on any atom is -0.480 e. The molecule has 1 amide bonds. The van der Waals surface area contributed by atoms with Crippen LogP contribution < -0.4 is 10.1 Å². The van der Waals surface area contributed by atoms with Gasteiger partial charge < -0.3 is 14.8 Å². The molecule has 1 aliphatic rings. The lowest BCUT2D eigenvalue weighted by molar-refractivity contribution is -0.149. The Labute approximate surface area is 179 Å². The molecule has 0 atom stereocenters. The van der Waals surface area contributed by atoms with Crippen molar-refractivity contribution in [3.05, 3.63) is 53.6 Å². The molecule has 10 heteroatoms. The molecule has 0 unspecified atom stereocenters. The summed E-state index contributed by atoms with van der Waals surface area (Å²) in [4.78, 5) is 23.9. The lowest BCUT2D eigenvalue weighted by atomic mass is 10.3. The molecular weight excluding hydrogens is 432 g/mol. The first-order valence-electron chi connectivity index (χ1n) is 9.29. The van der Waals surface area contributed by atoms with Crippen LogP contribution in [0.5, 0.6) is 5.75 Å². The van der Waals surface area contributed by atoms with Crippen LogP contribution in [0, 0.1) is 0 Å². The lowest BCUT2D eigenvalue weighted by Crippen LogP contribution is -2.28. The number of anilines is 1. The minimum atomic E-state index is -3.59. The minimum absolute atomic E-state index is 0.104. The third-order valence-electron chi connectivity index (χ3n) is 4.37. The Kier molecular flexibility index (Phi) is 7.30. The van der Waals surface area contributed by atoms with Crippen molar-refractivity contribution in [2.45, 2.75) is 17.7 Å². The highest BCUT2D eigenvalue weighted by Gasteiger charge is 2.27. The van der Waals surface area contributed by atoms with Crippen LogP contribution in [0.2, 0.25) is 5.02 Å². The molecular formula is C20H21ClN2O6S. The summed E-state index contributed by atoms with van der Waals surface area (Å²) in [6.07, 6.45) is 1.67. The number of benzene rings is 2. The second-order valence-electron chi connectivity index (χ2n) is 6.57. The van der Waals surface area contributed by atoms with Gasteiger partial charge in [0.1, 0.15) is 5.75 Å². The largest absolute Gasteiger partial charge is 0.480 e. The summed E-state index contributed by atoms with van der Waals surface area (Å²) in [6, 6.07) is 12.6. The van der Waals surface area contributed by atoms with Crippen molar-refractivity contribution in [2.24, 2.45) is 0 Å². The normalized spacial score (nSPS) is 14.3. The number of esters is 1. The molecule has 0 saturated carbocycles. The number of carbonyl (C=O) groups excluding carboxylic acids is 2. The van der Waals surface area contributed by atoms with Crippen LogP contribution in [0.25, 0.3) is 0 Å². The molecule has 1 fully saturated rings. The predicted molar refractivity (Wildman–Crippen MR) is 111 cm³/mol. The first-order valence-corrected chi connectivity index (χ1v) is 11.1. The number of halogens is 1. The molecule has 1 saturated heterocycles. The van der Waals surface area contributed by atoms with E-state index in [-0.39, 0.29) is 4.90 Å². The zero-order valence-corrected chi connectivity index (χ0v) is 17.6. The van der Waals surface area contributed by atoms with Gasteiger partial charge in [0.25, 0.3) is 5.91 Å². The van der Waals surface area contributed by atoms with Gasteiger partial charge in [-0.3, -0.25) is 4.79 Å². The lowest BCUT2D eigenvalue weighted by Gasteiger charge is -2.16. The highest BCUT2D eigenvalue weighted by molar-refractivity contribution is 7.89. The van der Waals surface area contributed by atoms with Crippen molar-refractivity contribution in [1.29, 1.82) is 0 Å². The first kappa shape index (κ1) is 22.1. The van der Waals surface area contributed by atoms with Crippen molar-refractivity contribution >= 4 is 39.2 Å². The quantitative estimate of drug-likeness (QED) is 0.618. The van der Waals surface area contributed by atoms with E-state index in [1.54, 1.807) is 36.4 Å². The van der Waals surface area contributed by atoms with Gasteiger partial charge in [0, 0.05) is 18.8 Å². The highest BCUT2D eigenvalue weighted by Crippen LogP contribution is 2.24. The van der Waals surface area contributed by atoms with Gasteiger partial charge in [-0.25, -0.2) is 13.2 Å². The number of ether oxygens (including phenoxy) is 2. The van der Waals surface area contributed by atoms with E-state index in [1.165, 1.54) is 16.4 Å². The summed E-state index contributed by atoms with van der Waals surface area (Å²) >= 11 is 5.92. The van der Waals surface area contributed by atoms with Crippen LogP contribution in [0.15, 0.2) is 53.4 Å². The van der Waals surface area contributed by atoms with Gasteiger partial charge in [-0.2, -0.15) is 4.31 Å². The molecule has 1 heterocycles. The van der Waals surface area contributed by atoms with Gasteiger partial charge in [0.2, 0.25) is 10.0 Å². The summed E-state index contributed by atoms with van der Waals surface area (Å²) in [5, 5.41) is 2.88. The maximum atomic E-state index is 12.6. The molecule has 1 aliphatic heterocycles. The molecule has 30 heavy (non-hydrogen) atoms. The fraction of sp³-hybridized carbons (Fsp3) is 0.300. The predicted octanol–water partition coefficient (Wildman–Crippen LogP) is 2.69. The van der Waals surface area contributed by atoms with Crippen molar-refractivity contribution in [3.63, 3.8) is 0 Å². The molecule has 0 aromatic heterocycles. The first-order chi connectivity index (χ1) is 14.4. The smallest absolute Gasteiger partial charge is 0.344 e. The van der Waals surface area contributed by atoms with Crippen molar-refractivity contribution in [3.8, 4) is 5.75 Å². The molecule has 2 aromatic rings. The maximum absolute atomic E-state index is 12.6. The Morgan fingerprint density at radius 1 is 1.03 bits per heavy atom. The average Bonchev–Trinajstić information content (AvgIpc) is 3.28. The molecule has 0 aliphatic carbocycles. The van der Waals surface area contributed by atoms with Gasteiger partial charge in [-0.1, -0.05) is 29.8 Å². The van der Waals surface area contributed by atoms with Gasteiger partial charge in [0.15, 0.2) is 13.2 Å². The fourth-order valence-electron chi connectivity index (χ4n) is 2.90. The number of rotatable bonds is 8. The van der Waals surface area contributed by atoms with Crippen LogP contribution >= 0.6 is 11.6 Å². The van der Waals surface area contributed by atoms with Crippen LogP contribution in [0.1, 0.15) is 12.8 Å². The summed E-state index contributed by atoms with van der Waals surface area (Å²) in [6.45, 7) is 0.0463. The Balaban J connectivity index is 1.50. The molecule has 2 aromatic carbocycles. The molecule has 3 rings (SSSR count). The van der Waals surface area contributed by atoms with Crippen LogP contribution in [0.3, 0.4) is 0 Å². The zero-order valence-electron chi connectivity index (χ0n) is 16.0. The fourth-order valence-corrected chi connectivity index (χ4v) is 4.65. The molecule has 1 N–H and O–H groups in total. The molecule has 0 bridgehead atoms. The number of hydrogen-bond donors (Lipinski definition) is 1. The Morgan fingerprint density at radius 2 is 1.77 bits per heavy atom. The second-order valence-corrected chi connectivity index (χ2v) is 8.91. The second kappa shape index (κ2) is 9.92. The van der Waals surface area contributed by atoms with E-state index in [0.717, 1.165) is 12.8 Å².